The van der Waals surface area contributed by atoms with Gasteiger partial charge in [0.15, 0.2) is 0 Å². The van der Waals surface area contributed by atoms with Crippen LogP contribution in [0.1, 0.15) is 5.56 Å². The summed E-state index contributed by atoms with van der Waals surface area (Å²) in [6.07, 6.45) is 1.72. The van der Waals surface area contributed by atoms with Crippen molar-refractivity contribution in [2.24, 2.45) is 0 Å². The summed E-state index contributed by atoms with van der Waals surface area (Å²) in [7, 11) is 1.60. The SMILES string of the molecule is COc1nccc(CBr)c1Br. The number of alkyl halides is 1. The van der Waals surface area contributed by atoms with Crippen LogP contribution < -0.4 is 4.74 Å². The van der Waals surface area contributed by atoms with Gasteiger partial charge in [-0.2, -0.15) is 0 Å². The van der Waals surface area contributed by atoms with Gasteiger partial charge in [0, 0.05) is 11.5 Å². The molecule has 11 heavy (non-hydrogen) atoms. The molecular formula is C7H7Br2NO. The third-order valence-corrected chi connectivity index (χ3v) is 2.73. The lowest BCUT2D eigenvalue weighted by molar-refractivity contribution is 0.394. The van der Waals surface area contributed by atoms with Crippen molar-refractivity contribution in [1.82, 2.24) is 4.98 Å². The molecule has 0 spiro atoms. The van der Waals surface area contributed by atoms with Crippen molar-refractivity contribution in [1.29, 1.82) is 0 Å². The minimum atomic E-state index is 0.627. The van der Waals surface area contributed by atoms with Gasteiger partial charge in [0.1, 0.15) is 0 Å². The Morgan fingerprint density at radius 1 is 1.64 bits per heavy atom. The fraction of sp³-hybridized carbons (Fsp3) is 0.286. The molecule has 0 aliphatic rings. The molecule has 0 bridgehead atoms. The lowest BCUT2D eigenvalue weighted by atomic mass is 10.3. The highest BCUT2D eigenvalue weighted by atomic mass is 79.9. The molecule has 0 N–H and O–H groups in total. The molecule has 0 radical (unpaired) electrons. The fourth-order valence-electron chi connectivity index (χ4n) is 0.708. The Bertz CT molecular complexity index is 230. The van der Waals surface area contributed by atoms with Gasteiger partial charge in [0.25, 0.3) is 0 Å². The molecule has 0 aromatic carbocycles. The zero-order valence-corrected chi connectivity index (χ0v) is 9.15. The third-order valence-electron chi connectivity index (χ3n) is 1.27. The molecule has 0 atom stereocenters. The summed E-state index contributed by atoms with van der Waals surface area (Å²) < 4.78 is 5.92. The van der Waals surface area contributed by atoms with Gasteiger partial charge in [-0.3, -0.25) is 0 Å². The Morgan fingerprint density at radius 3 is 2.91 bits per heavy atom. The van der Waals surface area contributed by atoms with E-state index < -0.39 is 0 Å². The normalized spacial score (nSPS) is 9.73. The molecule has 1 rings (SSSR count). The molecule has 0 amide bonds. The van der Waals surface area contributed by atoms with Crippen molar-refractivity contribution in [3.63, 3.8) is 0 Å². The molecule has 1 aromatic rings. The Hall–Kier alpha value is -0.0900. The van der Waals surface area contributed by atoms with E-state index in [4.69, 9.17) is 4.74 Å². The number of methoxy groups -OCH3 is 1. The first-order valence-electron chi connectivity index (χ1n) is 3.03. The van der Waals surface area contributed by atoms with Crippen LogP contribution in [0.15, 0.2) is 16.7 Å². The number of nitrogens with zero attached hydrogens (tertiary/aromatic N) is 1. The maximum Gasteiger partial charge on any atom is 0.227 e. The first kappa shape index (κ1) is 9.00. The van der Waals surface area contributed by atoms with E-state index in [2.05, 4.69) is 36.8 Å². The topological polar surface area (TPSA) is 22.1 Å². The highest BCUT2D eigenvalue weighted by Crippen LogP contribution is 2.26. The van der Waals surface area contributed by atoms with E-state index in [-0.39, 0.29) is 0 Å². The number of pyridine rings is 1. The van der Waals surface area contributed by atoms with Gasteiger partial charge in [0.2, 0.25) is 5.88 Å². The maximum absolute atomic E-state index is 5.01. The largest absolute Gasteiger partial charge is 0.480 e. The van der Waals surface area contributed by atoms with E-state index in [0.717, 1.165) is 15.4 Å². The van der Waals surface area contributed by atoms with Crippen LogP contribution in [0, 0.1) is 0 Å². The van der Waals surface area contributed by atoms with Crippen molar-refractivity contribution in [2.75, 3.05) is 7.11 Å². The number of rotatable bonds is 2. The second kappa shape index (κ2) is 4.07. The molecular weight excluding hydrogens is 274 g/mol. The number of ether oxygens (including phenoxy) is 1. The molecule has 0 saturated carbocycles. The quantitative estimate of drug-likeness (QED) is 0.777. The van der Waals surface area contributed by atoms with Crippen molar-refractivity contribution in [3.8, 4) is 5.88 Å². The molecule has 0 fully saturated rings. The number of halogens is 2. The van der Waals surface area contributed by atoms with E-state index in [1.54, 1.807) is 13.3 Å². The summed E-state index contributed by atoms with van der Waals surface area (Å²) in [6, 6.07) is 1.93. The van der Waals surface area contributed by atoms with Crippen LogP contribution in [-0.4, -0.2) is 12.1 Å². The summed E-state index contributed by atoms with van der Waals surface area (Å²) in [6.45, 7) is 0. The molecule has 1 heterocycles. The second-order valence-electron chi connectivity index (χ2n) is 1.93. The molecule has 4 heteroatoms. The average molecular weight is 281 g/mol. The van der Waals surface area contributed by atoms with Gasteiger partial charge in [-0.25, -0.2) is 4.98 Å². The molecule has 0 saturated heterocycles. The minimum absolute atomic E-state index is 0.627. The van der Waals surface area contributed by atoms with Gasteiger partial charge in [-0.1, -0.05) is 15.9 Å². The minimum Gasteiger partial charge on any atom is -0.480 e. The van der Waals surface area contributed by atoms with E-state index in [1.165, 1.54) is 0 Å². The lowest BCUT2D eigenvalue weighted by Crippen LogP contribution is -1.91. The molecule has 0 aliphatic heterocycles. The van der Waals surface area contributed by atoms with Crippen molar-refractivity contribution in [3.05, 3.63) is 22.3 Å². The standard InChI is InChI=1S/C7H7Br2NO/c1-11-7-6(9)5(4-8)2-3-10-7/h2-3H,4H2,1H3. The van der Waals surface area contributed by atoms with Crippen LogP contribution in [0.25, 0.3) is 0 Å². The molecule has 2 nitrogen and oxygen atoms in total. The number of hydrogen-bond donors (Lipinski definition) is 0. The molecule has 60 valence electrons. The monoisotopic (exact) mass is 279 g/mol. The molecule has 0 unspecified atom stereocenters. The van der Waals surface area contributed by atoms with Gasteiger partial charge < -0.3 is 4.74 Å². The highest BCUT2D eigenvalue weighted by Gasteiger charge is 2.04. The molecule has 1 aromatic heterocycles. The first-order chi connectivity index (χ1) is 5.29. The predicted octanol–water partition coefficient (Wildman–Crippen LogP) is 2.75. The van der Waals surface area contributed by atoms with Gasteiger partial charge >= 0.3 is 0 Å². The van der Waals surface area contributed by atoms with Crippen LogP contribution in [-0.2, 0) is 5.33 Å². The Morgan fingerprint density at radius 2 is 2.36 bits per heavy atom. The van der Waals surface area contributed by atoms with Crippen molar-refractivity contribution < 1.29 is 4.74 Å². The summed E-state index contributed by atoms with van der Waals surface area (Å²) >= 11 is 6.74. The lowest BCUT2D eigenvalue weighted by Gasteiger charge is -2.03. The average Bonchev–Trinajstić information content (AvgIpc) is 2.05. The van der Waals surface area contributed by atoms with Crippen molar-refractivity contribution in [2.45, 2.75) is 5.33 Å². The van der Waals surface area contributed by atoms with E-state index in [9.17, 15) is 0 Å². The highest BCUT2D eigenvalue weighted by molar-refractivity contribution is 9.10. The Kier molecular flexibility index (Phi) is 3.33. The zero-order chi connectivity index (χ0) is 8.27. The number of aromatic nitrogens is 1. The predicted molar refractivity (Wildman–Crippen MR) is 51.1 cm³/mol. The summed E-state index contributed by atoms with van der Waals surface area (Å²) in [5.74, 6) is 0.627. The van der Waals surface area contributed by atoms with E-state index in [1.807, 2.05) is 6.07 Å². The van der Waals surface area contributed by atoms with Gasteiger partial charge in [-0.15, -0.1) is 0 Å². The maximum atomic E-state index is 5.01. The zero-order valence-electron chi connectivity index (χ0n) is 5.97. The smallest absolute Gasteiger partial charge is 0.227 e. The van der Waals surface area contributed by atoms with E-state index in [0.29, 0.717) is 5.88 Å². The summed E-state index contributed by atoms with van der Waals surface area (Å²) in [5.41, 5.74) is 1.14. The first-order valence-corrected chi connectivity index (χ1v) is 4.94. The van der Waals surface area contributed by atoms with Crippen LogP contribution in [0.3, 0.4) is 0 Å². The van der Waals surface area contributed by atoms with E-state index >= 15 is 0 Å². The Balaban J connectivity index is 3.10. The summed E-state index contributed by atoms with van der Waals surface area (Å²) in [5, 5.41) is 0.798. The number of hydrogen-bond acceptors (Lipinski definition) is 2. The third kappa shape index (κ3) is 1.93. The Labute approximate surface area is 82.2 Å². The van der Waals surface area contributed by atoms with Crippen LogP contribution in [0.2, 0.25) is 0 Å². The van der Waals surface area contributed by atoms with Gasteiger partial charge in [-0.05, 0) is 27.6 Å². The summed E-state index contributed by atoms with van der Waals surface area (Å²) in [4.78, 5) is 4.02. The van der Waals surface area contributed by atoms with Crippen LogP contribution in [0.5, 0.6) is 5.88 Å². The van der Waals surface area contributed by atoms with Gasteiger partial charge in [0.05, 0.1) is 11.6 Å². The van der Waals surface area contributed by atoms with Crippen molar-refractivity contribution >= 4 is 31.9 Å². The second-order valence-corrected chi connectivity index (χ2v) is 3.28. The van der Waals surface area contributed by atoms with Crippen LogP contribution in [0.4, 0.5) is 0 Å². The van der Waals surface area contributed by atoms with Crippen LogP contribution >= 0.6 is 31.9 Å². The molecule has 0 aliphatic carbocycles. The fourth-order valence-corrected chi connectivity index (χ4v) is 2.09.